The summed E-state index contributed by atoms with van der Waals surface area (Å²) in [6.45, 7) is 4.72. The van der Waals surface area contributed by atoms with Gasteiger partial charge in [-0.25, -0.2) is 4.98 Å². The first-order valence-corrected chi connectivity index (χ1v) is 12.5. The van der Waals surface area contributed by atoms with Gasteiger partial charge in [0.1, 0.15) is 11.2 Å². The average molecular weight is 467 g/mol. The molecule has 1 N–H and O–H groups in total. The number of piperidine rings is 1. The summed E-state index contributed by atoms with van der Waals surface area (Å²) in [5.41, 5.74) is 2.18. The number of nitrogens with one attached hydrogen (secondary N) is 1. The predicted molar refractivity (Wildman–Crippen MR) is 126 cm³/mol. The molecule has 3 aliphatic heterocycles. The van der Waals surface area contributed by atoms with Gasteiger partial charge in [0.05, 0.1) is 35.6 Å². The molecular formula is C23H26N6O3S. The standard InChI is InChI=1S/C23H26N6O3S/c30-21-2-1-18-23-28(22(31)12-26-18)14-17(29(21)23)13-27-5-3-15(4-6-27)24-10-16-9-20-19(11-25-16)32-7-8-33-20/h1-2,9,11-12,15,17,24H,3-8,10,13-14H2/t17-/m1/s1. The van der Waals surface area contributed by atoms with Gasteiger partial charge < -0.3 is 15.0 Å². The molecule has 33 heavy (non-hydrogen) atoms. The van der Waals surface area contributed by atoms with Gasteiger partial charge in [0.15, 0.2) is 5.75 Å². The molecule has 0 aromatic carbocycles. The van der Waals surface area contributed by atoms with Crippen LogP contribution < -0.4 is 21.2 Å². The number of rotatable bonds is 5. The van der Waals surface area contributed by atoms with Crippen LogP contribution in [0.15, 0.2) is 45.1 Å². The highest BCUT2D eigenvalue weighted by atomic mass is 32.2. The van der Waals surface area contributed by atoms with Crippen molar-refractivity contribution < 1.29 is 4.74 Å². The number of hydrogen-bond donors (Lipinski definition) is 1. The summed E-state index contributed by atoms with van der Waals surface area (Å²) >= 11 is 1.83. The van der Waals surface area contributed by atoms with Crippen LogP contribution in [0.4, 0.5) is 0 Å². The molecule has 0 radical (unpaired) electrons. The largest absolute Gasteiger partial charge is 0.490 e. The highest BCUT2D eigenvalue weighted by Crippen LogP contribution is 2.32. The van der Waals surface area contributed by atoms with E-state index in [0.29, 0.717) is 23.8 Å². The second kappa shape index (κ2) is 8.58. The fraction of sp³-hybridized carbons (Fsp3) is 0.478. The Kier molecular flexibility index (Phi) is 5.43. The topological polar surface area (TPSA) is 94.3 Å². The van der Waals surface area contributed by atoms with Crippen LogP contribution in [-0.2, 0) is 13.1 Å². The Morgan fingerprint density at radius 1 is 1.12 bits per heavy atom. The van der Waals surface area contributed by atoms with Crippen molar-refractivity contribution in [2.75, 3.05) is 32.0 Å². The van der Waals surface area contributed by atoms with Gasteiger partial charge in [0.25, 0.3) is 11.1 Å². The number of thioether (sulfide) groups is 1. The first-order valence-electron chi connectivity index (χ1n) is 11.5. The first kappa shape index (κ1) is 20.9. The summed E-state index contributed by atoms with van der Waals surface area (Å²) in [5, 5.41) is 3.66. The molecular weight excluding hydrogens is 440 g/mol. The molecule has 172 valence electrons. The average Bonchev–Trinajstić information content (AvgIpc) is 3.23. The van der Waals surface area contributed by atoms with Crippen LogP contribution >= 0.6 is 11.8 Å². The van der Waals surface area contributed by atoms with Crippen LogP contribution in [0.1, 0.15) is 24.6 Å². The summed E-state index contributed by atoms with van der Waals surface area (Å²) in [7, 11) is 0. The van der Waals surface area contributed by atoms with Crippen molar-refractivity contribution in [1.82, 2.24) is 29.3 Å². The molecule has 0 unspecified atom stereocenters. The van der Waals surface area contributed by atoms with Gasteiger partial charge in [0, 0.05) is 37.5 Å². The van der Waals surface area contributed by atoms with E-state index < -0.39 is 0 Å². The second-order valence-corrected chi connectivity index (χ2v) is 10.0. The van der Waals surface area contributed by atoms with E-state index >= 15 is 0 Å². The number of pyridine rings is 2. The number of ether oxygens (including phenoxy) is 1. The molecule has 0 saturated carbocycles. The van der Waals surface area contributed by atoms with Crippen LogP contribution in [0.5, 0.6) is 5.75 Å². The smallest absolute Gasteiger partial charge is 0.270 e. The summed E-state index contributed by atoms with van der Waals surface area (Å²) in [4.78, 5) is 37.2. The number of likely N-dealkylation sites (tertiary alicyclic amines) is 1. The van der Waals surface area contributed by atoms with E-state index in [1.165, 1.54) is 11.1 Å². The van der Waals surface area contributed by atoms with E-state index in [-0.39, 0.29) is 17.2 Å². The SMILES string of the molecule is O=c1cnc2ccc(=O)n3c2n1C[C@H]3CN1CCC(NCc2cc3c(cn2)OCCS3)CC1. The predicted octanol–water partition coefficient (Wildman–Crippen LogP) is 1.25. The van der Waals surface area contributed by atoms with Crippen LogP contribution in [0.3, 0.4) is 0 Å². The zero-order valence-electron chi connectivity index (χ0n) is 18.3. The van der Waals surface area contributed by atoms with E-state index in [2.05, 4.69) is 26.3 Å². The Morgan fingerprint density at radius 2 is 2.00 bits per heavy atom. The quantitative estimate of drug-likeness (QED) is 0.601. The molecule has 10 heteroatoms. The highest BCUT2D eigenvalue weighted by molar-refractivity contribution is 7.99. The van der Waals surface area contributed by atoms with Gasteiger partial charge in [-0.2, -0.15) is 0 Å². The highest BCUT2D eigenvalue weighted by Gasteiger charge is 2.29. The van der Waals surface area contributed by atoms with E-state index in [4.69, 9.17) is 4.74 Å². The van der Waals surface area contributed by atoms with Gasteiger partial charge in [-0.1, -0.05) is 0 Å². The summed E-state index contributed by atoms with van der Waals surface area (Å²) in [6, 6.07) is 5.79. The van der Waals surface area contributed by atoms with Crippen molar-refractivity contribution in [3.05, 3.63) is 57.0 Å². The molecule has 3 aliphatic rings. The molecule has 3 aromatic rings. The maximum Gasteiger partial charge on any atom is 0.270 e. The lowest BCUT2D eigenvalue weighted by Gasteiger charge is -2.34. The molecule has 0 bridgehead atoms. The molecule has 3 aromatic heterocycles. The maximum atomic E-state index is 12.6. The fourth-order valence-electron chi connectivity index (χ4n) is 5.11. The van der Waals surface area contributed by atoms with Gasteiger partial charge in [-0.05, 0) is 38.1 Å². The van der Waals surface area contributed by atoms with Crippen molar-refractivity contribution in [2.24, 2.45) is 0 Å². The van der Waals surface area contributed by atoms with Crippen LogP contribution in [-0.4, -0.2) is 62.0 Å². The molecule has 0 spiro atoms. The van der Waals surface area contributed by atoms with Gasteiger partial charge in [-0.3, -0.25) is 23.7 Å². The number of nitrogens with zero attached hydrogens (tertiary/aromatic N) is 5. The molecule has 9 nitrogen and oxygen atoms in total. The van der Waals surface area contributed by atoms with Gasteiger partial charge in [-0.15, -0.1) is 11.8 Å². The lowest BCUT2D eigenvalue weighted by Crippen LogP contribution is -2.44. The Morgan fingerprint density at radius 3 is 2.88 bits per heavy atom. The molecule has 1 saturated heterocycles. The Labute approximate surface area is 194 Å². The minimum absolute atomic E-state index is 0.0398. The van der Waals surface area contributed by atoms with Gasteiger partial charge >= 0.3 is 0 Å². The minimum Gasteiger partial charge on any atom is -0.490 e. The van der Waals surface area contributed by atoms with Gasteiger partial charge in [0.2, 0.25) is 0 Å². The van der Waals surface area contributed by atoms with E-state index in [9.17, 15) is 9.59 Å². The van der Waals surface area contributed by atoms with Crippen molar-refractivity contribution in [3.8, 4) is 5.75 Å². The Hall–Kier alpha value is -2.69. The number of aromatic nitrogens is 4. The summed E-state index contributed by atoms with van der Waals surface area (Å²) in [5.74, 6) is 1.88. The van der Waals surface area contributed by atoms with E-state index in [1.54, 1.807) is 21.3 Å². The summed E-state index contributed by atoms with van der Waals surface area (Å²) < 4.78 is 9.09. The monoisotopic (exact) mass is 466 g/mol. The van der Waals surface area contributed by atoms with Crippen LogP contribution in [0, 0.1) is 0 Å². The minimum atomic E-state index is -0.145. The third-order valence-corrected chi connectivity index (χ3v) is 7.79. The molecule has 6 rings (SSSR count). The third kappa shape index (κ3) is 3.96. The maximum absolute atomic E-state index is 12.6. The van der Waals surface area contributed by atoms with Crippen molar-refractivity contribution >= 4 is 22.9 Å². The van der Waals surface area contributed by atoms with Crippen LogP contribution in [0.2, 0.25) is 0 Å². The van der Waals surface area contributed by atoms with E-state index in [1.807, 2.05) is 18.0 Å². The third-order valence-electron chi connectivity index (χ3n) is 6.79. The second-order valence-electron chi connectivity index (χ2n) is 8.89. The number of fused-ring (bicyclic) bond motifs is 1. The fourth-order valence-corrected chi connectivity index (χ4v) is 5.97. The lowest BCUT2D eigenvalue weighted by molar-refractivity contribution is 0.171. The molecule has 6 heterocycles. The normalized spacial score (nSPS) is 20.7. The first-order chi connectivity index (χ1) is 16.2. The Balaban J connectivity index is 1.06. The molecule has 1 atom stereocenters. The summed E-state index contributed by atoms with van der Waals surface area (Å²) in [6.07, 6.45) is 5.27. The van der Waals surface area contributed by atoms with Crippen molar-refractivity contribution in [3.63, 3.8) is 0 Å². The lowest BCUT2D eigenvalue weighted by atomic mass is 10.0. The molecule has 1 fully saturated rings. The Bertz CT molecular complexity index is 1310. The zero-order valence-corrected chi connectivity index (χ0v) is 19.1. The number of hydrogen-bond acceptors (Lipinski definition) is 8. The molecule has 0 amide bonds. The van der Waals surface area contributed by atoms with Crippen LogP contribution in [0.25, 0.3) is 11.2 Å². The van der Waals surface area contributed by atoms with Crippen molar-refractivity contribution in [1.29, 1.82) is 0 Å². The zero-order chi connectivity index (χ0) is 22.4. The van der Waals surface area contributed by atoms with Crippen molar-refractivity contribution in [2.45, 2.75) is 42.9 Å². The molecule has 0 aliphatic carbocycles. The van der Waals surface area contributed by atoms with E-state index in [0.717, 1.165) is 62.8 Å².